The van der Waals surface area contributed by atoms with Crippen molar-refractivity contribution >= 4 is 17.2 Å². The molecule has 0 bridgehead atoms. The Hall–Kier alpha value is -1.80. The molecule has 1 unspecified atom stereocenters. The molecular weight excluding hydrogens is 280 g/mol. The van der Waals surface area contributed by atoms with Crippen LogP contribution in [0.2, 0.25) is 0 Å². The van der Waals surface area contributed by atoms with Crippen LogP contribution in [0, 0.1) is 20.8 Å². The summed E-state index contributed by atoms with van der Waals surface area (Å²) in [5.41, 5.74) is 7.84. The van der Waals surface area contributed by atoms with Gasteiger partial charge in [-0.05, 0) is 51.0 Å². The normalized spacial score (nSPS) is 12.8. The van der Waals surface area contributed by atoms with Gasteiger partial charge < -0.3 is 4.40 Å². The van der Waals surface area contributed by atoms with E-state index in [1.807, 2.05) is 6.92 Å². The zero-order valence-corrected chi connectivity index (χ0v) is 13.6. The van der Waals surface area contributed by atoms with Crippen LogP contribution in [-0.4, -0.2) is 9.38 Å². The lowest BCUT2D eigenvalue weighted by molar-refractivity contribution is 0.963. The van der Waals surface area contributed by atoms with Gasteiger partial charge in [-0.15, -0.1) is 11.6 Å². The molecule has 3 aromatic rings. The van der Waals surface area contributed by atoms with Crippen molar-refractivity contribution < 1.29 is 0 Å². The van der Waals surface area contributed by atoms with Crippen molar-refractivity contribution in [2.45, 2.75) is 33.1 Å². The highest BCUT2D eigenvalue weighted by molar-refractivity contribution is 6.20. The molecular formula is C18H19ClN2. The molecule has 0 aliphatic rings. The van der Waals surface area contributed by atoms with Crippen molar-refractivity contribution in [1.29, 1.82) is 0 Å². The van der Waals surface area contributed by atoms with Gasteiger partial charge in [0.25, 0.3) is 0 Å². The largest absolute Gasteiger partial charge is 0.302 e. The summed E-state index contributed by atoms with van der Waals surface area (Å²) in [6.07, 6.45) is 2.05. The molecule has 2 aromatic heterocycles. The Morgan fingerprint density at radius 3 is 2.43 bits per heavy atom. The number of hydrogen-bond acceptors (Lipinski definition) is 1. The number of rotatable bonds is 2. The molecule has 0 spiro atoms. The van der Waals surface area contributed by atoms with Crippen LogP contribution in [0.25, 0.3) is 16.9 Å². The van der Waals surface area contributed by atoms with E-state index in [-0.39, 0.29) is 5.38 Å². The minimum absolute atomic E-state index is 0.0987. The fourth-order valence-corrected chi connectivity index (χ4v) is 3.03. The first-order valence-corrected chi connectivity index (χ1v) is 7.61. The predicted molar refractivity (Wildman–Crippen MR) is 89.1 cm³/mol. The number of imidazole rings is 1. The number of halogens is 1. The first-order chi connectivity index (χ1) is 9.97. The Bertz CT molecular complexity index is 815. The number of fused-ring (bicyclic) bond motifs is 1. The Labute approximate surface area is 130 Å². The summed E-state index contributed by atoms with van der Waals surface area (Å²) >= 11 is 6.44. The van der Waals surface area contributed by atoms with Gasteiger partial charge in [-0.25, -0.2) is 4.98 Å². The SMILES string of the molecule is Cc1ccc(-c2nc3cc(C)ccn3c2C(C)Cl)c(C)c1. The van der Waals surface area contributed by atoms with E-state index in [1.165, 1.54) is 16.7 Å². The van der Waals surface area contributed by atoms with Crippen LogP contribution in [-0.2, 0) is 0 Å². The fraction of sp³-hybridized carbons (Fsp3) is 0.278. The number of pyridine rings is 1. The van der Waals surface area contributed by atoms with Crippen LogP contribution in [0.4, 0.5) is 0 Å². The third-order valence-electron chi connectivity index (χ3n) is 3.83. The third kappa shape index (κ3) is 2.44. The van der Waals surface area contributed by atoms with Crippen LogP contribution in [0.3, 0.4) is 0 Å². The number of nitrogens with zero attached hydrogens (tertiary/aromatic N) is 2. The molecule has 0 aliphatic carbocycles. The maximum Gasteiger partial charge on any atom is 0.137 e. The standard InChI is InChI=1S/C18H19ClN2/c1-11-5-6-15(13(3)9-11)17-18(14(4)19)21-8-7-12(2)10-16(21)20-17/h5-10,14H,1-4H3. The molecule has 3 rings (SSSR count). The molecule has 0 saturated carbocycles. The van der Waals surface area contributed by atoms with Gasteiger partial charge in [0, 0.05) is 11.8 Å². The molecule has 108 valence electrons. The Balaban J connectivity index is 2.33. The second kappa shape index (κ2) is 5.19. The molecule has 2 heterocycles. The van der Waals surface area contributed by atoms with Gasteiger partial charge >= 0.3 is 0 Å². The van der Waals surface area contributed by atoms with Crippen molar-refractivity contribution in [1.82, 2.24) is 9.38 Å². The lowest BCUT2D eigenvalue weighted by atomic mass is 10.0. The Morgan fingerprint density at radius 1 is 1.05 bits per heavy atom. The quantitative estimate of drug-likeness (QED) is 0.592. The van der Waals surface area contributed by atoms with Crippen molar-refractivity contribution in [3.8, 4) is 11.3 Å². The van der Waals surface area contributed by atoms with Gasteiger partial charge in [-0.1, -0.05) is 23.8 Å². The zero-order chi connectivity index (χ0) is 15.1. The van der Waals surface area contributed by atoms with Gasteiger partial charge in [0.2, 0.25) is 0 Å². The summed E-state index contributed by atoms with van der Waals surface area (Å²) in [5.74, 6) is 0. The van der Waals surface area contributed by atoms with Crippen molar-refractivity contribution in [3.05, 3.63) is 58.9 Å². The van der Waals surface area contributed by atoms with Crippen molar-refractivity contribution in [2.24, 2.45) is 0 Å². The van der Waals surface area contributed by atoms with Gasteiger partial charge in [0.1, 0.15) is 5.65 Å². The number of alkyl halides is 1. The summed E-state index contributed by atoms with van der Waals surface area (Å²) in [5, 5.41) is -0.0987. The molecule has 0 N–H and O–H groups in total. The maximum atomic E-state index is 6.44. The van der Waals surface area contributed by atoms with E-state index in [9.17, 15) is 0 Å². The van der Waals surface area contributed by atoms with E-state index >= 15 is 0 Å². The minimum atomic E-state index is -0.0987. The third-order valence-corrected chi connectivity index (χ3v) is 4.04. The van der Waals surface area contributed by atoms with Gasteiger partial charge in [0.15, 0.2) is 0 Å². The molecule has 0 radical (unpaired) electrons. The monoisotopic (exact) mass is 298 g/mol. The van der Waals surface area contributed by atoms with E-state index in [2.05, 4.69) is 61.7 Å². The van der Waals surface area contributed by atoms with E-state index in [4.69, 9.17) is 16.6 Å². The number of aryl methyl sites for hydroxylation is 3. The first-order valence-electron chi connectivity index (χ1n) is 7.17. The summed E-state index contributed by atoms with van der Waals surface area (Å²) in [4.78, 5) is 4.83. The number of hydrogen-bond donors (Lipinski definition) is 0. The summed E-state index contributed by atoms with van der Waals surface area (Å²) in [7, 11) is 0. The Kier molecular flexibility index (Phi) is 3.50. The average molecular weight is 299 g/mol. The summed E-state index contributed by atoms with van der Waals surface area (Å²) < 4.78 is 2.10. The molecule has 1 atom stereocenters. The van der Waals surface area contributed by atoms with Gasteiger partial charge in [-0.3, -0.25) is 0 Å². The highest BCUT2D eigenvalue weighted by Gasteiger charge is 2.19. The lowest BCUT2D eigenvalue weighted by Crippen LogP contribution is -1.96. The molecule has 2 nitrogen and oxygen atoms in total. The molecule has 0 fully saturated rings. The summed E-state index contributed by atoms with van der Waals surface area (Å²) in [6, 6.07) is 10.6. The number of aromatic nitrogens is 2. The topological polar surface area (TPSA) is 17.3 Å². The molecule has 0 amide bonds. The molecule has 21 heavy (non-hydrogen) atoms. The molecule has 1 aromatic carbocycles. The van der Waals surface area contributed by atoms with E-state index in [0.29, 0.717) is 0 Å². The second-order valence-electron chi connectivity index (χ2n) is 5.71. The fourth-order valence-electron chi connectivity index (χ4n) is 2.82. The number of benzene rings is 1. The van der Waals surface area contributed by atoms with Crippen molar-refractivity contribution in [3.63, 3.8) is 0 Å². The van der Waals surface area contributed by atoms with Crippen LogP contribution in [0.1, 0.15) is 34.7 Å². The second-order valence-corrected chi connectivity index (χ2v) is 6.37. The summed E-state index contributed by atoms with van der Waals surface area (Å²) in [6.45, 7) is 8.31. The van der Waals surface area contributed by atoms with Gasteiger partial charge in [0.05, 0.1) is 16.8 Å². The molecule has 0 saturated heterocycles. The van der Waals surface area contributed by atoms with E-state index < -0.39 is 0 Å². The molecule has 0 aliphatic heterocycles. The first kappa shape index (κ1) is 14.2. The lowest BCUT2D eigenvalue weighted by Gasteiger charge is -2.10. The minimum Gasteiger partial charge on any atom is -0.302 e. The molecule has 3 heteroatoms. The smallest absolute Gasteiger partial charge is 0.137 e. The van der Waals surface area contributed by atoms with Crippen molar-refractivity contribution in [2.75, 3.05) is 0 Å². The highest BCUT2D eigenvalue weighted by atomic mass is 35.5. The van der Waals surface area contributed by atoms with Crippen LogP contribution < -0.4 is 0 Å². The predicted octanol–water partition coefficient (Wildman–Crippen LogP) is 5.23. The van der Waals surface area contributed by atoms with Crippen LogP contribution in [0.15, 0.2) is 36.5 Å². The average Bonchev–Trinajstić information content (AvgIpc) is 2.76. The Morgan fingerprint density at radius 2 is 1.76 bits per heavy atom. The van der Waals surface area contributed by atoms with E-state index in [0.717, 1.165) is 22.6 Å². The van der Waals surface area contributed by atoms with E-state index in [1.54, 1.807) is 0 Å². The van der Waals surface area contributed by atoms with Crippen LogP contribution in [0.5, 0.6) is 0 Å². The van der Waals surface area contributed by atoms with Crippen LogP contribution >= 0.6 is 11.6 Å². The maximum absolute atomic E-state index is 6.44. The zero-order valence-electron chi connectivity index (χ0n) is 12.8. The van der Waals surface area contributed by atoms with Gasteiger partial charge in [-0.2, -0.15) is 0 Å². The highest BCUT2D eigenvalue weighted by Crippen LogP contribution is 2.34.